The summed E-state index contributed by atoms with van der Waals surface area (Å²) in [6.45, 7) is 0. The highest BCUT2D eigenvalue weighted by molar-refractivity contribution is 8.00. The summed E-state index contributed by atoms with van der Waals surface area (Å²) < 4.78 is 1.33. The average molecular weight is 359 g/mol. The predicted molar refractivity (Wildman–Crippen MR) is 87.9 cm³/mol. The molecule has 2 aromatic heterocycles. The molecule has 2 N–H and O–H groups in total. The molecule has 0 saturated carbocycles. The third-order valence-corrected chi connectivity index (χ3v) is 5.73. The molecule has 0 atom stereocenters. The summed E-state index contributed by atoms with van der Waals surface area (Å²) in [5.74, 6) is 0.620. The van der Waals surface area contributed by atoms with E-state index in [1.807, 2.05) is 12.1 Å². The number of aromatic nitrogens is 2. The Kier molecular flexibility index (Phi) is 4.12. The van der Waals surface area contributed by atoms with E-state index in [9.17, 15) is 9.90 Å². The Labute approximate surface area is 137 Å². The molecule has 3 aromatic rings. The normalized spacial score (nSPS) is 11.1. The van der Waals surface area contributed by atoms with Gasteiger partial charge in [0.1, 0.15) is 10.4 Å². The molecule has 21 heavy (non-hydrogen) atoms. The second-order valence-electron chi connectivity index (χ2n) is 4.21. The zero-order valence-electron chi connectivity index (χ0n) is 10.4. The number of halogens is 2. The molecular weight excluding hydrogens is 351 g/mol. The third-order valence-electron chi connectivity index (χ3n) is 2.70. The Hall–Kier alpha value is -1.21. The van der Waals surface area contributed by atoms with E-state index in [-0.39, 0.29) is 11.3 Å². The minimum absolute atomic E-state index is 0.0485. The SMILES string of the molecule is O=c1cc(O)c2sc(SCc3ccc(Cl)c(Cl)c3)nc2[nH]1. The fourth-order valence-electron chi connectivity index (χ4n) is 1.74. The average Bonchev–Trinajstić information content (AvgIpc) is 2.83. The Balaban J connectivity index is 1.83. The smallest absolute Gasteiger partial charge is 0.253 e. The van der Waals surface area contributed by atoms with Crippen molar-refractivity contribution in [2.45, 2.75) is 10.1 Å². The minimum atomic E-state index is -0.369. The van der Waals surface area contributed by atoms with E-state index in [1.54, 1.807) is 6.07 Å². The summed E-state index contributed by atoms with van der Waals surface area (Å²) in [6.07, 6.45) is 0. The highest BCUT2D eigenvalue weighted by Crippen LogP contribution is 2.35. The zero-order chi connectivity index (χ0) is 15.0. The molecule has 0 aliphatic carbocycles. The number of pyridine rings is 1. The summed E-state index contributed by atoms with van der Waals surface area (Å²) in [5.41, 5.74) is 1.05. The van der Waals surface area contributed by atoms with E-state index in [2.05, 4.69) is 9.97 Å². The van der Waals surface area contributed by atoms with E-state index in [0.29, 0.717) is 26.1 Å². The molecule has 0 saturated heterocycles. The summed E-state index contributed by atoms with van der Waals surface area (Å²) in [4.78, 5) is 18.2. The number of H-pyrrole nitrogens is 1. The minimum Gasteiger partial charge on any atom is -0.506 e. The van der Waals surface area contributed by atoms with Gasteiger partial charge in [0.15, 0.2) is 9.99 Å². The van der Waals surface area contributed by atoms with Crippen LogP contribution in [0, 0.1) is 0 Å². The monoisotopic (exact) mass is 358 g/mol. The first-order valence-corrected chi connectivity index (χ1v) is 8.38. The highest BCUT2D eigenvalue weighted by Gasteiger charge is 2.10. The van der Waals surface area contributed by atoms with Crippen molar-refractivity contribution in [3.8, 4) is 5.75 Å². The second kappa shape index (κ2) is 5.88. The number of nitrogens with one attached hydrogen (secondary N) is 1. The van der Waals surface area contributed by atoms with Gasteiger partial charge in [-0.15, -0.1) is 11.3 Å². The van der Waals surface area contributed by atoms with Crippen LogP contribution in [-0.2, 0) is 5.75 Å². The predicted octanol–water partition coefficient (Wildman–Crippen LogP) is 4.29. The first kappa shape index (κ1) is 14.7. The number of fused-ring (bicyclic) bond motifs is 1. The first-order valence-electron chi connectivity index (χ1n) is 5.82. The van der Waals surface area contributed by atoms with Crippen LogP contribution in [0.2, 0.25) is 10.0 Å². The molecule has 0 unspecified atom stereocenters. The molecule has 0 spiro atoms. The van der Waals surface area contributed by atoms with Crippen molar-refractivity contribution in [3.63, 3.8) is 0 Å². The lowest BCUT2D eigenvalue weighted by molar-refractivity contribution is 0.481. The van der Waals surface area contributed by atoms with E-state index < -0.39 is 0 Å². The van der Waals surface area contributed by atoms with Crippen LogP contribution in [0.15, 0.2) is 33.4 Å². The molecule has 0 fully saturated rings. The Bertz CT molecular complexity index is 876. The van der Waals surface area contributed by atoms with Gasteiger partial charge >= 0.3 is 0 Å². The van der Waals surface area contributed by atoms with E-state index in [1.165, 1.54) is 23.1 Å². The maximum atomic E-state index is 11.3. The third kappa shape index (κ3) is 3.18. The van der Waals surface area contributed by atoms with Crippen LogP contribution in [0.5, 0.6) is 5.75 Å². The summed E-state index contributed by atoms with van der Waals surface area (Å²) >= 11 is 14.7. The van der Waals surface area contributed by atoms with Crippen molar-refractivity contribution in [2.24, 2.45) is 0 Å². The second-order valence-corrected chi connectivity index (χ2v) is 7.25. The summed E-state index contributed by atoms with van der Waals surface area (Å²) in [7, 11) is 0. The fourth-order valence-corrected chi connectivity index (χ4v) is 4.01. The molecule has 0 amide bonds. The standard InChI is InChI=1S/C13H8Cl2N2O2S2/c14-7-2-1-6(3-8(7)15)5-20-13-17-12-11(21-13)9(18)4-10(19)16-12/h1-4H,5H2,(H2,16,18,19). The van der Waals surface area contributed by atoms with Gasteiger partial charge in [0.2, 0.25) is 0 Å². The van der Waals surface area contributed by atoms with Crippen LogP contribution in [0.4, 0.5) is 0 Å². The lowest BCUT2D eigenvalue weighted by atomic mass is 10.2. The molecule has 4 nitrogen and oxygen atoms in total. The van der Waals surface area contributed by atoms with E-state index >= 15 is 0 Å². The van der Waals surface area contributed by atoms with Crippen molar-refractivity contribution in [1.29, 1.82) is 0 Å². The number of rotatable bonds is 3. The first-order chi connectivity index (χ1) is 10.0. The molecular formula is C13H8Cl2N2O2S2. The quantitative estimate of drug-likeness (QED) is 0.685. The van der Waals surface area contributed by atoms with Gasteiger partial charge in [-0.25, -0.2) is 4.98 Å². The van der Waals surface area contributed by atoms with Crippen LogP contribution >= 0.6 is 46.3 Å². The van der Waals surface area contributed by atoms with Gasteiger partial charge < -0.3 is 10.1 Å². The molecule has 0 aliphatic heterocycles. The number of aromatic hydroxyl groups is 1. The zero-order valence-corrected chi connectivity index (χ0v) is 13.5. The van der Waals surface area contributed by atoms with Gasteiger partial charge in [0, 0.05) is 11.8 Å². The van der Waals surface area contributed by atoms with Gasteiger partial charge in [0.25, 0.3) is 5.56 Å². The van der Waals surface area contributed by atoms with Gasteiger partial charge in [-0.3, -0.25) is 4.79 Å². The van der Waals surface area contributed by atoms with E-state index in [0.717, 1.165) is 16.0 Å². The van der Waals surface area contributed by atoms with E-state index in [4.69, 9.17) is 23.2 Å². The lowest BCUT2D eigenvalue weighted by Gasteiger charge is -2.01. The van der Waals surface area contributed by atoms with Crippen LogP contribution in [0.25, 0.3) is 10.3 Å². The fraction of sp³-hybridized carbons (Fsp3) is 0.0769. The number of nitrogens with zero attached hydrogens (tertiary/aromatic N) is 1. The molecule has 3 rings (SSSR count). The maximum absolute atomic E-state index is 11.3. The topological polar surface area (TPSA) is 66.0 Å². The Morgan fingerprint density at radius 2 is 2.10 bits per heavy atom. The summed E-state index contributed by atoms with van der Waals surface area (Å²) in [5, 5.41) is 10.8. The molecule has 1 aromatic carbocycles. The van der Waals surface area contributed by atoms with Crippen molar-refractivity contribution in [2.75, 3.05) is 0 Å². The Morgan fingerprint density at radius 3 is 2.86 bits per heavy atom. The number of hydrogen-bond acceptors (Lipinski definition) is 5. The number of benzene rings is 1. The molecule has 0 bridgehead atoms. The van der Waals surface area contributed by atoms with Crippen LogP contribution < -0.4 is 5.56 Å². The molecule has 0 radical (unpaired) electrons. The lowest BCUT2D eigenvalue weighted by Crippen LogP contribution is -2.02. The largest absolute Gasteiger partial charge is 0.506 e. The number of thioether (sulfide) groups is 1. The summed E-state index contributed by atoms with van der Waals surface area (Å²) in [6, 6.07) is 6.60. The van der Waals surface area contributed by atoms with Crippen molar-refractivity contribution >= 4 is 56.6 Å². The van der Waals surface area contributed by atoms with Gasteiger partial charge in [-0.2, -0.15) is 0 Å². The number of hydrogen-bond donors (Lipinski definition) is 2. The van der Waals surface area contributed by atoms with Crippen molar-refractivity contribution in [3.05, 3.63) is 50.2 Å². The van der Waals surface area contributed by atoms with Gasteiger partial charge in [-0.1, -0.05) is 41.0 Å². The number of aromatic amines is 1. The molecule has 2 heterocycles. The molecule has 0 aliphatic rings. The molecule has 8 heteroatoms. The Morgan fingerprint density at radius 1 is 1.29 bits per heavy atom. The van der Waals surface area contributed by atoms with Crippen molar-refractivity contribution < 1.29 is 5.11 Å². The number of thiazole rings is 1. The van der Waals surface area contributed by atoms with Gasteiger partial charge in [-0.05, 0) is 17.7 Å². The van der Waals surface area contributed by atoms with Gasteiger partial charge in [0.05, 0.1) is 10.0 Å². The highest BCUT2D eigenvalue weighted by atomic mass is 35.5. The van der Waals surface area contributed by atoms with Crippen molar-refractivity contribution in [1.82, 2.24) is 9.97 Å². The van der Waals surface area contributed by atoms with Crippen LogP contribution in [0.3, 0.4) is 0 Å². The maximum Gasteiger partial charge on any atom is 0.253 e. The van der Waals surface area contributed by atoms with Crippen LogP contribution in [-0.4, -0.2) is 15.1 Å². The van der Waals surface area contributed by atoms with Crippen LogP contribution in [0.1, 0.15) is 5.56 Å². The molecule has 108 valence electrons.